The fourth-order valence-electron chi connectivity index (χ4n) is 2.51. The molecule has 0 radical (unpaired) electrons. The second-order valence-electron chi connectivity index (χ2n) is 5.27. The molecule has 0 unspecified atom stereocenters. The van der Waals surface area contributed by atoms with Crippen LogP contribution in [0.1, 0.15) is 22.5 Å². The number of carbonyl (C=O) groups is 1. The average Bonchev–Trinajstić information content (AvgIpc) is 2.86. The van der Waals surface area contributed by atoms with E-state index in [1.807, 2.05) is 29.2 Å². The molecule has 0 atom stereocenters. The highest BCUT2D eigenvalue weighted by molar-refractivity contribution is 7.98. The van der Waals surface area contributed by atoms with Crippen molar-refractivity contribution in [3.63, 3.8) is 0 Å². The maximum absolute atomic E-state index is 12.6. The van der Waals surface area contributed by atoms with Gasteiger partial charge in [-0.15, -0.1) is 11.8 Å². The SMILES string of the molecule is O=C(c1occc1CSc1ccccc1)N1CCCNCC1. The Morgan fingerprint density at radius 2 is 2.05 bits per heavy atom. The van der Waals surface area contributed by atoms with Gasteiger partial charge in [0.2, 0.25) is 0 Å². The van der Waals surface area contributed by atoms with Gasteiger partial charge in [-0.05, 0) is 31.2 Å². The lowest BCUT2D eigenvalue weighted by atomic mass is 10.2. The van der Waals surface area contributed by atoms with Gasteiger partial charge in [-0.2, -0.15) is 0 Å². The number of furan rings is 1. The van der Waals surface area contributed by atoms with Crippen molar-refractivity contribution in [1.29, 1.82) is 0 Å². The summed E-state index contributed by atoms with van der Waals surface area (Å²) in [6, 6.07) is 12.1. The van der Waals surface area contributed by atoms with Gasteiger partial charge < -0.3 is 14.6 Å². The Morgan fingerprint density at radius 1 is 1.18 bits per heavy atom. The molecule has 1 aliphatic rings. The number of carbonyl (C=O) groups excluding carboxylic acids is 1. The van der Waals surface area contributed by atoms with E-state index in [0.717, 1.165) is 43.9 Å². The fourth-order valence-corrected chi connectivity index (χ4v) is 3.41. The summed E-state index contributed by atoms with van der Waals surface area (Å²) in [5, 5.41) is 3.31. The van der Waals surface area contributed by atoms with Crippen LogP contribution >= 0.6 is 11.8 Å². The predicted molar refractivity (Wildman–Crippen MR) is 88.1 cm³/mol. The molecular weight excluding hydrogens is 296 g/mol. The van der Waals surface area contributed by atoms with E-state index in [0.29, 0.717) is 5.76 Å². The first kappa shape index (κ1) is 15.2. The highest BCUT2D eigenvalue weighted by atomic mass is 32.2. The zero-order valence-corrected chi connectivity index (χ0v) is 13.3. The summed E-state index contributed by atoms with van der Waals surface area (Å²) >= 11 is 1.72. The van der Waals surface area contributed by atoms with Gasteiger partial charge in [0.25, 0.3) is 5.91 Å². The Balaban J connectivity index is 1.67. The maximum Gasteiger partial charge on any atom is 0.289 e. The number of rotatable bonds is 4. The van der Waals surface area contributed by atoms with Gasteiger partial charge >= 0.3 is 0 Å². The Hall–Kier alpha value is -1.72. The molecule has 3 rings (SSSR count). The summed E-state index contributed by atoms with van der Waals surface area (Å²) in [5.41, 5.74) is 0.969. The van der Waals surface area contributed by atoms with E-state index in [2.05, 4.69) is 17.4 Å². The minimum absolute atomic E-state index is 0.0114. The quantitative estimate of drug-likeness (QED) is 0.881. The fraction of sp³-hybridized carbons (Fsp3) is 0.353. The van der Waals surface area contributed by atoms with Crippen molar-refractivity contribution in [2.24, 2.45) is 0 Å². The Labute approximate surface area is 134 Å². The lowest BCUT2D eigenvalue weighted by Gasteiger charge is -2.19. The molecule has 1 aromatic carbocycles. The Morgan fingerprint density at radius 3 is 2.91 bits per heavy atom. The number of hydrogen-bond donors (Lipinski definition) is 1. The molecule has 1 aliphatic heterocycles. The van der Waals surface area contributed by atoms with Crippen molar-refractivity contribution in [3.05, 3.63) is 54.0 Å². The zero-order chi connectivity index (χ0) is 15.2. The molecule has 116 valence electrons. The van der Waals surface area contributed by atoms with Gasteiger partial charge in [-0.3, -0.25) is 4.79 Å². The van der Waals surface area contributed by atoms with E-state index in [1.54, 1.807) is 18.0 Å². The third kappa shape index (κ3) is 3.72. The monoisotopic (exact) mass is 316 g/mol. The van der Waals surface area contributed by atoms with Gasteiger partial charge in [-0.1, -0.05) is 18.2 Å². The molecule has 0 bridgehead atoms. The van der Waals surface area contributed by atoms with Crippen molar-refractivity contribution in [2.45, 2.75) is 17.1 Å². The molecule has 0 saturated carbocycles. The molecule has 1 N–H and O–H groups in total. The number of hydrogen-bond acceptors (Lipinski definition) is 4. The van der Waals surface area contributed by atoms with Crippen LogP contribution in [0.3, 0.4) is 0 Å². The summed E-state index contributed by atoms with van der Waals surface area (Å²) in [5.74, 6) is 1.25. The normalized spacial score (nSPS) is 15.5. The minimum atomic E-state index is 0.0114. The summed E-state index contributed by atoms with van der Waals surface area (Å²) in [7, 11) is 0. The highest BCUT2D eigenvalue weighted by Crippen LogP contribution is 2.25. The van der Waals surface area contributed by atoms with Crippen LogP contribution in [0.4, 0.5) is 0 Å². The van der Waals surface area contributed by atoms with Gasteiger partial charge in [0.15, 0.2) is 5.76 Å². The van der Waals surface area contributed by atoms with Gasteiger partial charge in [0, 0.05) is 35.8 Å². The number of benzene rings is 1. The standard InChI is InChI=1S/C17H20N2O2S/c20-17(19-10-4-8-18-9-11-19)16-14(7-12-21-16)13-22-15-5-2-1-3-6-15/h1-3,5-7,12,18H,4,8-11,13H2. The van der Waals surface area contributed by atoms with Crippen LogP contribution in [-0.2, 0) is 5.75 Å². The first-order chi connectivity index (χ1) is 10.8. The Kier molecular flexibility index (Phi) is 5.19. The highest BCUT2D eigenvalue weighted by Gasteiger charge is 2.22. The molecule has 0 aliphatic carbocycles. The molecule has 22 heavy (non-hydrogen) atoms. The minimum Gasteiger partial charge on any atom is -0.459 e. The van der Waals surface area contributed by atoms with Crippen molar-refractivity contribution < 1.29 is 9.21 Å². The van der Waals surface area contributed by atoms with Gasteiger partial charge in [-0.25, -0.2) is 0 Å². The molecule has 2 heterocycles. The molecule has 1 amide bonds. The zero-order valence-electron chi connectivity index (χ0n) is 12.5. The predicted octanol–water partition coefficient (Wildman–Crippen LogP) is 3.01. The molecular formula is C17H20N2O2S. The summed E-state index contributed by atoms with van der Waals surface area (Å²) in [6.07, 6.45) is 2.60. The smallest absolute Gasteiger partial charge is 0.289 e. The van der Waals surface area contributed by atoms with Crippen LogP contribution in [0.15, 0.2) is 52.0 Å². The maximum atomic E-state index is 12.6. The van der Waals surface area contributed by atoms with E-state index < -0.39 is 0 Å². The third-order valence-corrected chi connectivity index (χ3v) is 4.77. The number of amides is 1. The first-order valence-electron chi connectivity index (χ1n) is 7.59. The van der Waals surface area contributed by atoms with E-state index >= 15 is 0 Å². The van der Waals surface area contributed by atoms with Crippen LogP contribution in [0.2, 0.25) is 0 Å². The molecule has 2 aromatic rings. The largest absolute Gasteiger partial charge is 0.459 e. The van der Waals surface area contributed by atoms with Crippen LogP contribution in [0.25, 0.3) is 0 Å². The van der Waals surface area contributed by atoms with E-state index in [1.165, 1.54) is 4.90 Å². The topological polar surface area (TPSA) is 45.5 Å². The second kappa shape index (κ2) is 7.51. The molecule has 1 fully saturated rings. The summed E-state index contributed by atoms with van der Waals surface area (Å²) in [4.78, 5) is 15.7. The molecule has 0 spiro atoms. The summed E-state index contributed by atoms with van der Waals surface area (Å²) in [6.45, 7) is 3.35. The van der Waals surface area contributed by atoms with Gasteiger partial charge in [0.1, 0.15) is 0 Å². The number of nitrogens with zero attached hydrogens (tertiary/aromatic N) is 1. The van der Waals surface area contributed by atoms with Gasteiger partial charge in [0.05, 0.1) is 6.26 Å². The van der Waals surface area contributed by atoms with Crippen molar-refractivity contribution in [3.8, 4) is 0 Å². The van der Waals surface area contributed by atoms with E-state index in [9.17, 15) is 4.79 Å². The van der Waals surface area contributed by atoms with Crippen molar-refractivity contribution in [1.82, 2.24) is 10.2 Å². The second-order valence-corrected chi connectivity index (χ2v) is 6.32. The molecule has 1 aromatic heterocycles. The third-order valence-electron chi connectivity index (χ3n) is 3.71. The van der Waals surface area contributed by atoms with Crippen molar-refractivity contribution >= 4 is 17.7 Å². The first-order valence-corrected chi connectivity index (χ1v) is 8.57. The van der Waals surface area contributed by atoms with E-state index in [-0.39, 0.29) is 5.91 Å². The summed E-state index contributed by atoms with van der Waals surface area (Å²) < 4.78 is 5.48. The lowest BCUT2D eigenvalue weighted by molar-refractivity contribution is 0.0733. The number of nitrogens with one attached hydrogen (secondary N) is 1. The number of thioether (sulfide) groups is 1. The van der Waals surface area contributed by atoms with Crippen molar-refractivity contribution in [2.75, 3.05) is 26.2 Å². The Bertz CT molecular complexity index is 604. The van der Waals surface area contributed by atoms with Crippen LogP contribution in [0, 0.1) is 0 Å². The molecule has 5 heteroatoms. The van der Waals surface area contributed by atoms with Crippen LogP contribution < -0.4 is 5.32 Å². The molecule has 1 saturated heterocycles. The average molecular weight is 316 g/mol. The van der Waals surface area contributed by atoms with E-state index in [4.69, 9.17) is 4.42 Å². The molecule has 4 nitrogen and oxygen atoms in total. The van der Waals surface area contributed by atoms with Crippen LogP contribution in [0.5, 0.6) is 0 Å². The lowest BCUT2D eigenvalue weighted by Crippen LogP contribution is -2.34. The van der Waals surface area contributed by atoms with Crippen LogP contribution in [-0.4, -0.2) is 37.0 Å².